The fraction of sp³-hybridized carbons (Fsp3) is 0.286. The molecule has 8 heteroatoms. The van der Waals surface area contributed by atoms with E-state index in [1.807, 2.05) is 24.3 Å². The maximum Gasteiger partial charge on any atom is 0.410 e. The molecule has 2 aromatic rings. The molecule has 1 fully saturated rings. The summed E-state index contributed by atoms with van der Waals surface area (Å²) in [6.07, 6.45) is -0.556. The number of carbonyl (C=O) groups is 3. The number of rotatable bonds is 7. The van der Waals surface area contributed by atoms with Crippen molar-refractivity contribution in [3.8, 4) is 5.75 Å². The van der Waals surface area contributed by atoms with Gasteiger partial charge in [0.25, 0.3) is 0 Å². The largest absolute Gasteiger partial charge is 0.496 e. The first-order valence-electron chi connectivity index (χ1n) is 9.03. The van der Waals surface area contributed by atoms with E-state index in [9.17, 15) is 14.4 Å². The first-order valence-corrected chi connectivity index (χ1v) is 9.03. The second-order valence-electron chi connectivity index (χ2n) is 6.44. The number of nitrogens with zero attached hydrogens (tertiary/aromatic N) is 1. The van der Waals surface area contributed by atoms with Gasteiger partial charge in [-0.1, -0.05) is 30.3 Å². The molecule has 3 rings (SSSR count). The molecule has 2 aromatic carbocycles. The maximum absolute atomic E-state index is 12.7. The van der Waals surface area contributed by atoms with E-state index < -0.39 is 18.1 Å². The van der Waals surface area contributed by atoms with Crippen LogP contribution in [0.4, 0.5) is 4.79 Å². The van der Waals surface area contributed by atoms with Gasteiger partial charge < -0.3 is 19.5 Å². The fourth-order valence-electron chi connectivity index (χ4n) is 3.05. The van der Waals surface area contributed by atoms with Gasteiger partial charge in [0.15, 0.2) is 0 Å². The number of cyclic esters (lactones) is 1. The maximum atomic E-state index is 12.7. The standard InChI is InChI=1S/C21H22N2O6/c1-27-18-6-4-3-5-16(18)11-22-19(24)17-13-29-21(26)23(17)12-14-7-9-15(10-8-14)20(25)28-2/h3-10,17H,11-13H2,1-2H3,(H,22,24)/t17-/m0/s1. The number of esters is 1. The Morgan fingerprint density at radius 2 is 1.86 bits per heavy atom. The van der Waals surface area contributed by atoms with Gasteiger partial charge in [-0.2, -0.15) is 0 Å². The van der Waals surface area contributed by atoms with Crippen molar-refractivity contribution in [2.24, 2.45) is 0 Å². The molecule has 29 heavy (non-hydrogen) atoms. The van der Waals surface area contributed by atoms with Gasteiger partial charge in [0.1, 0.15) is 18.4 Å². The number of methoxy groups -OCH3 is 2. The van der Waals surface area contributed by atoms with Crippen molar-refractivity contribution in [1.29, 1.82) is 0 Å². The van der Waals surface area contributed by atoms with Crippen molar-refractivity contribution in [2.45, 2.75) is 19.1 Å². The lowest BCUT2D eigenvalue weighted by molar-refractivity contribution is -0.125. The highest BCUT2D eigenvalue weighted by Gasteiger charge is 2.38. The average Bonchev–Trinajstić information content (AvgIpc) is 3.12. The summed E-state index contributed by atoms with van der Waals surface area (Å²) in [5, 5.41) is 2.83. The SMILES string of the molecule is COC(=O)c1ccc(CN2C(=O)OC[C@H]2C(=O)NCc2ccccc2OC)cc1. The van der Waals surface area contributed by atoms with Crippen molar-refractivity contribution < 1.29 is 28.6 Å². The van der Waals surface area contributed by atoms with E-state index in [1.54, 1.807) is 31.4 Å². The molecule has 1 saturated heterocycles. The predicted octanol–water partition coefficient (Wildman–Crippen LogP) is 2.12. The topological polar surface area (TPSA) is 94.2 Å². The molecule has 0 bridgehead atoms. The molecule has 1 aliphatic rings. The van der Waals surface area contributed by atoms with Crippen LogP contribution in [-0.2, 0) is 27.4 Å². The summed E-state index contributed by atoms with van der Waals surface area (Å²) in [4.78, 5) is 37.7. The lowest BCUT2D eigenvalue weighted by Gasteiger charge is -2.21. The van der Waals surface area contributed by atoms with Gasteiger partial charge in [-0.3, -0.25) is 9.69 Å². The van der Waals surface area contributed by atoms with Crippen LogP contribution in [0.25, 0.3) is 0 Å². The third-order valence-corrected chi connectivity index (χ3v) is 4.65. The second-order valence-corrected chi connectivity index (χ2v) is 6.44. The zero-order chi connectivity index (χ0) is 20.8. The van der Waals surface area contributed by atoms with Gasteiger partial charge in [-0.25, -0.2) is 9.59 Å². The van der Waals surface area contributed by atoms with Crippen molar-refractivity contribution in [2.75, 3.05) is 20.8 Å². The molecule has 8 nitrogen and oxygen atoms in total. The molecule has 152 valence electrons. The first kappa shape index (κ1) is 20.2. The number of carbonyl (C=O) groups excluding carboxylic acids is 3. The second kappa shape index (κ2) is 9.09. The number of benzene rings is 2. The minimum absolute atomic E-state index is 0.0170. The molecule has 1 aliphatic heterocycles. The Bertz CT molecular complexity index is 896. The van der Waals surface area contributed by atoms with E-state index in [0.29, 0.717) is 11.3 Å². The summed E-state index contributed by atoms with van der Waals surface area (Å²) in [7, 11) is 2.88. The van der Waals surface area contributed by atoms with Crippen LogP contribution in [0.2, 0.25) is 0 Å². The van der Waals surface area contributed by atoms with E-state index in [2.05, 4.69) is 10.1 Å². The zero-order valence-corrected chi connectivity index (χ0v) is 16.2. The van der Waals surface area contributed by atoms with E-state index in [0.717, 1.165) is 11.1 Å². The number of nitrogens with one attached hydrogen (secondary N) is 1. The third kappa shape index (κ3) is 4.66. The molecule has 0 aliphatic carbocycles. The fourth-order valence-corrected chi connectivity index (χ4v) is 3.05. The molecule has 1 atom stereocenters. The van der Waals surface area contributed by atoms with Crippen LogP contribution in [0.5, 0.6) is 5.75 Å². The predicted molar refractivity (Wildman–Crippen MR) is 103 cm³/mol. The highest BCUT2D eigenvalue weighted by atomic mass is 16.6. The van der Waals surface area contributed by atoms with Crippen LogP contribution in [0.3, 0.4) is 0 Å². The van der Waals surface area contributed by atoms with Gasteiger partial charge in [0, 0.05) is 12.1 Å². The van der Waals surface area contributed by atoms with Crippen LogP contribution in [0.1, 0.15) is 21.5 Å². The van der Waals surface area contributed by atoms with Crippen LogP contribution in [0, 0.1) is 0 Å². The smallest absolute Gasteiger partial charge is 0.410 e. The summed E-state index contributed by atoms with van der Waals surface area (Å²) in [6, 6.07) is 13.3. The monoisotopic (exact) mass is 398 g/mol. The van der Waals surface area contributed by atoms with E-state index in [1.165, 1.54) is 12.0 Å². The summed E-state index contributed by atoms with van der Waals surface area (Å²) >= 11 is 0. The zero-order valence-electron chi connectivity index (χ0n) is 16.2. The van der Waals surface area contributed by atoms with Crippen LogP contribution in [-0.4, -0.2) is 49.7 Å². The minimum atomic E-state index is -0.738. The molecule has 2 amide bonds. The van der Waals surface area contributed by atoms with Crippen molar-refractivity contribution in [3.05, 3.63) is 65.2 Å². The Hall–Kier alpha value is -3.55. The molecule has 0 saturated carbocycles. The van der Waals surface area contributed by atoms with Gasteiger partial charge in [-0.15, -0.1) is 0 Å². The Balaban J connectivity index is 1.65. The van der Waals surface area contributed by atoms with Gasteiger partial charge in [0.2, 0.25) is 5.91 Å². The lowest BCUT2D eigenvalue weighted by Crippen LogP contribution is -2.45. The normalized spacial score (nSPS) is 15.6. The number of para-hydroxylation sites is 1. The Kier molecular flexibility index (Phi) is 6.33. The molecule has 0 aromatic heterocycles. The molecular weight excluding hydrogens is 376 g/mol. The quantitative estimate of drug-likeness (QED) is 0.718. The summed E-state index contributed by atoms with van der Waals surface area (Å²) < 4.78 is 15.0. The summed E-state index contributed by atoms with van der Waals surface area (Å²) in [5.74, 6) is -0.0761. The molecular formula is C21H22N2O6. The third-order valence-electron chi connectivity index (χ3n) is 4.65. The first-order chi connectivity index (χ1) is 14.0. The van der Waals surface area contributed by atoms with Crippen LogP contribution in [0.15, 0.2) is 48.5 Å². The highest BCUT2D eigenvalue weighted by molar-refractivity contribution is 5.89. The molecule has 1 heterocycles. The van der Waals surface area contributed by atoms with E-state index in [4.69, 9.17) is 9.47 Å². The van der Waals surface area contributed by atoms with Crippen molar-refractivity contribution in [3.63, 3.8) is 0 Å². The van der Waals surface area contributed by atoms with Crippen molar-refractivity contribution in [1.82, 2.24) is 10.2 Å². The summed E-state index contributed by atoms with van der Waals surface area (Å²) in [5.41, 5.74) is 2.00. The van der Waals surface area contributed by atoms with Gasteiger partial charge in [-0.05, 0) is 23.8 Å². The molecule has 0 spiro atoms. The number of hydrogen-bond donors (Lipinski definition) is 1. The molecule has 0 unspecified atom stereocenters. The van der Waals surface area contributed by atoms with E-state index >= 15 is 0 Å². The Morgan fingerprint density at radius 3 is 2.55 bits per heavy atom. The molecule has 0 radical (unpaired) electrons. The Morgan fingerprint density at radius 1 is 1.14 bits per heavy atom. The molecule has 1 N–H and O–H groups in total. The summed E-state index contributed by atoms with van der Waals surface area (Å²) in [6.45, 7) is 0.444. The average molecular weight is 398 g/mol. The Labute approximate surface area is 168 Å². The lowest BCUT2D eigenvalue weighted by atomic mass is 10.1. The van der Waals surface area contributed by atoms with Crippen LogP contribution < -0.4 is 10.1 Å². The number of ether oxygens (including phenoxy) is 3. The van der Waals surface area contributed by atoms with E-state index in [-0.39, 0.29) is 25.6 Å². The van der Waals surface area contributed by atoms with Gasteiger partial charge >= 0.3 is 12.1 Å². The van der Waals surface area contributed by atoms with Crippen LogP contribution >= 0.6 is 0 Å². The van der Waals surface area contributed by atoms with Crippen molar-refractivity contribution >= 4 is 18.0 Å². The highest BCUT2D eigenvalue weighted by Crippen LogP contribution is 2.19. The van der Waals surface area contributed by atoms with Gasteiger partial charge in [0.05, 0.1) is 26.3 Å². The number of hydrogen-bond acceptors (Lipinski definition) is 6. The number of amides is 2. The minimum Gasteiger partial charge on any atom is -0.496 e.